The maximum Gasteiger partial charge on any atom is 0.0769 e. The highest BCUT2D eigenvalue weighted by Crippen LogP contribution is 2.11. The zero-order chi connectivity index (χ0) is 10.3. The van der Waals surface area contributed by atoms with E-state index < -0.39 is 0 Å². The molecule has 0 aromatic carbocycles. The third-order valence-electron chi connectivity index (χ3n) is 2.04. The van der Waals surface area contributed by atoms with Crippen molar-refractivity contribution in [1.29, 1.82) is 0 Å². The summed E-state index contributed by atoms with van der Waals surface area (Å²) in [6, 6.07) is 0.109. The summed E-state index contributed by atoms with van der Waals surface area (Å²) in [7, 11) is 1.70. The predicted molar refractivity (Wildman–Crippen MR) is 54.8 cm³/mol. The molecule has 0 amide bonds. The number of rotatable bonds is 5. The number of hydrogen-bond donors (Lipinski definition) is 2. The minimum absolute atomic E-state index is 0.109. The lowest BCUT2D eigenvalue weighted by Gasteiger charge is -2.26. The monoisotopic (exact) mass is 184 g/mol. The van der Waals surface area contributed by atoms with Crippen LogP contribution < -0.4 is 11.3 Å². The van der Waals surface area contributed by atoms with Gasteiger partial charge in [0.2, 0.25) is 0 Å². The lowest BCUT2D eigenvalue weighted by atomic mass is 9.98. The van der Waals surface area contributed by atoms with Gasteiger partial charge in [-0.3, -0.25) is 11.3 Å². The topological polar surface area (TPSA) is 47.3 Å². The van der Waals surface area contributed by atoms with E-state index in [1.54, 1.807) is 7.11 Å². The summed E-state index contributed by atoms with van der Waals surface area (Å²) in [5.41, 5.74) is 2.74. The SMILES string of the molecule is CC#CCC(NN)C(OC)C(C)C. The molecule has 0 aliphatic heterocycles. The van der Waals surface area contributed by atoms with E-state index in [2.05, 4.69) is 31.1 Å². The third-order valence-corrected chi connectivity index (χ3v) is 2.04. The van der Waals surface area contributed by atoms with E-state index in [9.17, 15) is 0 Å². The van der Waals surface area contributed by atoms with Gasteiger partial charge in [0.25, 0.3) is 0 Å². The van der Waals surface area contributed by atoms with E-state index >= 15 is 0 Å². The molecule has 3 N–H and O–H groups in total. The Balaban J connectivity index is 4.21. The molecule has 0 saturated heterocycles. The first-order valence-corrected chi connectivity index (χ1v) is 4.55. The van der Waals surface area contributed by atoms with E-state index in [0.29, 0.717) is 5.92 Å². The molecular formula is C10H20N2O. The number of hydrazine groups is 1. The fourth-order valence-electron chi connectivity index (χ4n) is 1.38. The molecule has 0 spiro atoms. The molecule has 13 heavy (non-hydrogen) atoms. The Kier molecular flexibility index (Phi) is 6.61. The van der Waals surface area contributed by atoms with E-state index in [1.807, 2.05) is 6.92 Å². The van der Waals surface area contributed by atoms with Crippen LogP contribution in [0.4, 0.5) is 0 Å². The molecule has 0 heterocycles. The van der Waals surface area contributed by atoms with Crippen molar-refractivity contribution < 1.29 is 4.74 Å². The van der Waals surface area contributed by atoms with Crippen LogP contribution in [0.5, 0.6) is 0 Å². The van der Waals surface area contributed by atoms with E-state index in [-0.39, 0.29) is 12.1 Å². The van der Waals surface area contributed by atoms with Gasteiger partial charge in [0.15, 0.2) is 0 Å². The molecular weight excluding hydrogens is 164 g/mol. The predicted octanol–water partition coefficient (Wildman–Crippen LogP) is 0.903. The zero-order valence-electron chi connectivity index (χ0n) is 8.92. The van der Waals surface area contributed by atoms with Crippen LogP contribution in [0.15, 0.2) is 0 Å². The lowest BCUT2D eigenvalue weighted by Crippen LogP contribution is -2.46. The van der Waals surface area contributed by atoms with Gasteiger partial charge >= 0.3 is 0 Å². The Morgan fingerprint density at radius 2 is 2.08 bits per heavy atom. The van der Waals surface area contributed by atoms with E-state index in [0.717, 1.165) is 6.42 Å². The minimum Gasteiger partial charge on any atom is -0.379 e. The molecule has 0 fully saturated rings. The summed E-state index contributed by atoms with van der Waals surface area (Å²) < 4.78 is 5.35. The van der Waals surface area contributed by atoms with E-state index in [1.165, 1.54) is 0 Å². The number of ether oxygens (including phenoxy) is 1. The Bertz CT molecular complexity index is 181. The highest BCUT2D eigenvalue weighted by molar-refractivity contribution is 4.99. The second-order valence-electron chi connectivity index (χ2n) is 3.35. The van der Waals surface area contributed by atoms with Crippen LogP contribution in [0.3, 0.4) is 0 Å². The highest BCUT2D eigenvalue weighted by Gasteiger charge is 2.22. The number of nitrogens with two attached hydrogens (primary N) is 1. The Hall–Kier alpha value is -0.560. The summed E-state index contributed by atoms with van der Waals surface area (Å²) in [6.45, 7) is 6.04. The molecule has 0 aliphatic carbocycles. The van der Waals surface area contributed by atoms with Crippen molar-refractivity contribution >= 4 is 0 Å². The third kappa shape index (κ3) is 4.28. The van der Waals surface area contributed by atoms with Crippen molar-refractivity contribution in [3.63, 3.8) is 0 Å². The van der Waals surface area contributed by atoms with Gasteiger partial charge < -0.3 is 4.74 Å². The van der Waals surface area contributed by atoms with Crippen LogP contribution in [0.25, 0.3) is 0 Å². The lowest BCUT2D eigenvalue weighted by molar-refractivity contribution is 0.0345. The standard InChI is InChI=1S/C10H20N2O/c1-5-6-7-9(12-11)10(13-4)8(2)3/h8-10,12H,7,11H2,1-4H3. The van der Waals surface area contributed by atoms with Crippen molar-refractivity contribution in [3.05, 3.63) is 0 Å². The first-order chi connectivity index (χ1) is 6.17. The fraction of sp³-hybridized carbons (Fsp3) is 0.800. The molecule has 2 atom stereocenters. The van der Waals surface area contributed by atoms with Crippen LogP contribution in [-0.4, -0.2) is 19.3 Å². The zero-order valence-corrected chi connectivity index (χ0v) is 8.92. The smallest absolute Gasteiger partial charge is 0.0769 e. The average molecular weight is 184 g/mol. The molecule has 0 radical (unpaired) electrons. The summed E-state index contributed by atoms with van der Waals surface area (Å²) in [6.07, 6.45) is 0.842. The normalized spacial score (nSPS) is 14.9. The summed E-state index contributed by atoms with van der Waals surface area (Å²) in [5, 5.41) is 0. The van der Waals surface area contributed by atoms with Crippen molar-refractivity contribution in [2.75, 3.05) is 7.11 Å². The van der Waals surface area contributed by atoms with Gasteiger partial charge in [0, 0.05) is 13.5 Å². The van der Waals surface area contributed by atoms with Crippen molar-refractivity contribution in [2.24, 2.45) is 11.8 Å². The summed E-state index contributed by atoms with van der Waals surface area (Å²) in [4.78, 5) is 0. The molecule has 0 saturated carbocycles. The van der Waals surface area contributed by atoms with Gasteiger partial charge in [-0.25, -0.2) is 0 Å². The number of nitrogens with one attached hydrogen (secondary N) is 1. The molecule has 2 unspecified atom stereocenters. The van der Waals surface area contributed by atoms with Gasteiger partial charge in [0.05, 0.1) is 12.1 Å². The summed E-state index contributed by atoms with van der Waals surface area (Å²) in [5.74, 6) is 11.7. The molecule has 3 heteroatoms. The maximum absolute atomic E-state index is 5.43. The molecule has 0 bridgehead atoms. The molecule has 3 nitrogen and oxygen atoms in total. The molecule has 0 aliphatic rings. The fourth-order valence-corrected chi connectivity index (χ4v) is 1.38. The van der Waals surface area contributed by atoms with E-state index in [4.69, 9.17) is 10.6 Å². The van der Waals surface area contributed by atoms with Crippen molar-refractivity contribution in [2.45, 2.75) is 39.3 Å². The summed E-state index contributed by atoms with van der Waals surface area (Å²) >= 11 is 0. The molecule has 0 aromatic heterocycles. The minimum atomic E-state index is 0.109. The van der Waals surface area contributed by atoms with Gasteiger partial charge in [0.1, 0.15) is 0 Å². The quantitative estimate of drug-likeness (QED) is 0.379. The Morgan fingerprint density at radius 3 is 2.38 bits per heavy atom. The second kappa shape index (κ2) is 6.90. The Labute approximate surface area is 81.0 Å². The highest BCUT2D eigenvalue weighted by atomic mass is 16.5. The van der Waals surface area contributed by atoms with Crippen LogP contribution >= 0.6 is 0 Å². The first-order valence-electron chi connectivity index (χ1n) is 4.55. The first kappa shape index (κ1) is 12.4. The molecule has 0 aromatic rings. The van der Waals surface area contributed by atoms with Gasteiger partial charge in [-0.2, -0.15) is 0 Å². The molecule has 0 rings (SSSR count). The van der Waals surface area contributed by atoms with Crippen molar-refractivity contribution in [1.82, 2.24) is 5.43 Å². The Morgan fingerprint density at radius 1 is 1.46 bits per heavy atom. The van der Waals surface area contributed by atoms with Gasteiger partial charge in [-0.15, -0.1) is 11.8 Å². The molecule has 76 valence electrons. The van der Waals surface area contributed by atoms with Crippen LogP contribution in [-0.2, 0) is 4.74 Å². The van der Waals surface area contributed by atoms with Gasteiger partial charge in [-0.1, -0.05) is 13.8 Å². The average Bonchev–Trinajstić information content (AvgIpc) is 2.11. The van der Waals surface area contributed by atoms with Crippen LogP contribution in [0.2, 0.25) is 0 Å². The largest absolute Gasteiger partial charge is 0.379 e. The number of hydrogen-bond acceptors (Lipinski definition) is 3. The van der Waals surface area contributed by atoms with Crippen molar-refractivity contribution in [3.8, 4) is 11.8 Å². The second-order valence-corrected chi connectivity index (χ2v) is 3.35. The van der Waals surface area contributed by atoms with Crippen LogP contribution in [0, 0.1) is 17.8 Å². The van der Waals surface area contributed by atoms with Gasteiger partial charge in [-0.05, 0) is 12.8 Å². The van der Waals surface area contributed by atoms with Crippen LogP contribution in [0.1, 0.15) is 27.2 Å². The number of methoxy groups -OCH3 is 1. The maximum atomic E-state index is 5.43.